The molecule has 1 aromatic carbocycles. The molecule has 1 N–H and O–H groups in total. The molecule has 0 fully saturated rings. The van der Waals surface area contributed by atoms with E-state index in [-0.39, 0.29) is 5.91 Å². The van der Waals surface area contributed by atoms with Crippen LogP contribution in [-0.2, 0) is 11.3 Å². The first-order valence-corrected chi connectivity index (χ1v) is 9.26. The highest BCUT2D eigenvalue weighted by Crippen LogP contribution is 2.28. The molecule has 134 valence electrons. The van der Waals surface area contributed by atoms with Crippen LogP contribution in [0.4, 0.5) is 5.82 Å². The molecule has 6 nitrogen and oxygen atoms in total. The lowest BCUT2D eigenvalue weighted by molar-refractivity contribution is -0.107. The fourth-order valence-electron chi connectivity index (χ4n) is 2.28. The third kappa shape index (κ3) is 4.55. The van der Waals surface area contributed by atoms with Gasteiger partial charge in [-0.05, 0) is 24.1 Å². The second-order valence-electron chi connectivity index (χ2n) is 5.42. The Morgan fingerprint density at radius 3 is 2.64 bits per heavy atom. The van der Waals surface area contributed by atoms with Gasteiger partial charge in [0, 0.05) is 24.9 Å². The van der Waals surface area contributed by atoms with Crippen LogP contribution in [0, 0.1) is 0 Å². The number of carbonyl (C=O) groups excluding carboxylic acids is 2. The number of halogens is 1. The first-order chi connectivity index (χ1) is 12.0. The van der Waals surface area contributed by atoms with E-state index >= 15 is 0 Å². The van der Waals surface area contributed by atoms with Crippen molar-refractivity contribution in [3.05, 3.63) is 40.5 Å². The van der Waals surface area contributed by atoms with Gasteiger partial charge in [-0.15, -0.1) is 0 Å². The Morgan fingerprint density at radius 2 is 2.08 bits per heavy atom. The van der Waals surface area contributed by atoms with E-state index in [0.717, 1.165) is 17.7 Å². The maximum atomic E-state index is 12.5. The minimum atomic E-state index is -0.284. The van der Waals surface area contributed by atoms with Gasteiger partial charge in [0.25, 0.3) is 5.91 Å². The lowest BCUT2D eigenvalue weighted by Gasteiger charge is -2.13. The maximum Gasteiger partial charge on any atom is 0.271 e. The molecule has 8 heteroatoms. The number of carbonyl (C=O) groups is 2. The van der Waals surface area contributed by atoms with Crippen molar-refractivity contribution in [2.75, 3.05) is 24.7 Å². The number of rotatable bonds is 8. The molecule has 0 atom stereocenters. The van der Waals surface area contributed by atoms with Crippen LogP contribution < -0.4 is 10.2 Å². The Hall–Kier alpha value is -1.99. The average Bonchev–Trinajstić information content (AvgIpc) is 2.98. The zero-order chi connectivity index (χ0) is 18.4. The third-order valence-corrected chi connectivity index (χ3v) is 4.97. The average molecular weight is 381 g/mol. The van der Waals surface area contributed by atoms with E-state index in [1.165, 1.54) is 4.90 Å². The molecule has 0 saturated carbocycles. The van der Waals surface area contributed by atoms with Crippen LogP contribution in [0.15, 0.2) is 29.4 Å². The van der Waals surface area contributed by atoms with Gasteiger partial charge in [0.05, 0.1) is 6.54 Å². The van der Waals surface area contributed by atoms with Crippen LogP contribution in [0.1, 0.15) is 29.4 Å². The van der Waals surface area contributed by atoms with Gasteiger partial charge in [-0.3, -0.25) is 9.59 Å². The van der Waals surface area contributed by atoms with Crippen molar-refractivity contribution in [1.82, 2.24) is 14.9 Å². The zero-order valence-corrected chi connectivity index (χ0v) is 16.0. The molecule has 0 unspecified atom stereocenters. The number of nitrogens with zero attached hydrogens (tertiary/aromatic N) is 3. The van der Waals surface area contributed by atoms with E-state index in [1.807, 2.05) is 28.8 Å². The molecular formula is C17H21ClN4O2S. The minimum Gasteiger partial charge on any atom is -0.354 e. The Balaban J connectivity index is 2.54. The van der Waals surface area contributed by atoms with E-state index in [9.17, 15) is 9.59 Å². The van der Waals surface area contributed by atoms with Gasteiger partial charge in [0.15, 0.2) is 16.7 Å². The van der Waals surface area contributed by atoms with E-state index in [0.29, 0.717) is 34.6 Å². The van der Waals surface area contributed by atoms with Crippen LogP contribution in [0.3, 0.4) is 0 Å². The summed E-state index contributed by atoms with van der Waals surface area (Å²) in [5, 5.41) is 4.00. The number of hydrogen-bond acceptors (Lipinski definition) is 4. The highest BCUT2D eigenvalue weighted by Gasteiger charge is 2.25. The van der Waals surface area contributed by atoms with Crippen LogP contribution in [0.5, 0.6) is 0 Å². The Bertz CT molecular complexity index is 746. The van der Waals surface area contributed by atoms with Crippen molar-refractivity contribution in [3.8, 4) is 0 Å². The van der Waals surface area contributed by atoms with Crippen LogP contribution in [-0.4, -0.2) is 41.7 Å². The molecule has 0 aliphatic carbocycles. The Labute approximate surface area is 156 Å². The van der Waals surface area contributed by atoms with E-state index in [1.54, 1.807) is 25.9 Å². The summed E-state index contributed by atoms with van der Waals surface area (Å²) in [5.41, 5.74) is 1.36. The highest BCUT2D eigenvalue weighted by atomic mass is 35.5. The molecule has 1 aromatic heterocycles. The van der Waals surface area contributed by atoms with Gasteiger partial charge in [0.2, 0.25) is 6.41 Å². The van der Waals surface area contributed by atoms with E-state index < -0.39 is 0 Å². The van der Waals surface area contributed by atoms with Crippen LogP contribution in [0.2, 0.25) is 5.02 Å². The number of imidazole rings is 1. The molecule has 0 spiro atoms. The normalized spacial score (nSPS) is 10.6. The molecule has 2 aromatic rings. The summed E-state index contributed by atoms with van der Waals surface area (Å²) in [7, 11) is 3.15. The smallest absolute Gasteiger partial charge is 0.271 e. The first kappa shape index (κ1) is 19.3. The molecule has 0 aliphatic rings. The van der Waals surface area contributed by atoms with Gasteiger partial charge in [-0.2, -0.15) is 0 Å². The number of hydrogen-bond donors (Lipinski definition) is 1. The second kappa shape index (κ2) is 8.92. The summed E-state index contributed by atoms with van der Waals surface area (Å²) in [5.74, 6) is 0.935. The van der Waals surface area contributed by atoms with Gasteiger partial charge in [-0.25, -0.2) is 4.98 Å². The van der Waals surface area contributed by atoms with Gasteiger partial charge in [0.1, 0.15) is 0 Å². The van der Waals surface area contributed by atoms with Crippen molar-refractivity contribution < 1.29 is 9.59 Å². The zero-order valence-electron chi connectivity index (χ0n) is 14.5. The first-order valence-electron chi connectivity index (χ1n) is 7.89. The molecule has 0 radical (unpaired) electrons. The third-order valence-electron chi connectivity index (χ3n) is 3.54. The number of anilines is 1. The summed E-state index contributed by atoms with van der Waals surface area (Å²) >= 11 is 7.51. The molecule has 0 bridgehead atoms. The van der Waals surface area contributed by atoms with E-state index in [4.69, 9.17) is 11.6 Å². The van der Waals surface area contributed by atoms with Crippen LogP contribution in [0.25, 0.3) is 0 Å². The molecular weight excluding hydrogens is 360 g/mol. The lowest BCUT2D eigenvalue weighted by Crippen LogP contribution is -2.26. The monoisotopic (exact) mass is 380 g/mol. The SMILES string of the molecule is CCCSc1nc(N(C)C=O)c(C(=O)NC)n1Cc1ccc(Cl)cc1. The van der Waals surface area contributed by atoms with Gasteiger partial charge in [-0.1, -0.05) is 42.4 Å². The number of benzene rings is 1. The molecule has 0 aliphatic heterocycles. The van der Waals surface area contributed by atoms with Crippen molar-refractivity contribution in [3.63, 3.8) is 0 Å². The number of nitrogens with one attached hydrogen (secondary N) is 1. The maximum absolute atomic E-state index is 12.5. The molecule has 2 rings (SSSR count). The molecule has 0 saturated heterocycles. The number of aromatic nitrogens is 2. The summed E-state index contributed by atoms with van der Waals surface area (Å²) in [6, 6.07) is 7.44. The number of thioether (sulfide) groups is 1. The van der Waals surface area contributed by atoms with Gasteiger partial charge >= 0.3 is 0 Å². The minimum absolute atomic E-state index is 0.284. The topological polar surface area (TPSA) is 67.2 Å². The van der Waals surface area contributed by atoms with Crippen LogP contribution >= 0.6 is 23.4 Å². The summed E-state index contributed by atoms with van der Waals surface area (Å²) in [4.78, 5) is 29.5. The van der Waals surface area contributed by atoms with Gasteiger partial charge < -0.3 is 14.8 Å². The van der Waals surface area contributed by atoms with Crippen molar-refractivity contribution in [1.29, 1.82) is 0 Å². The predicted octanol–water partition coefficient (Wildman–Crippen LogP) is 3.04. The standard InChI is InChI=1S/C17H21ClN4O2S/c1-4-9-25-17-20-15(21(3)11-23)14(16(24)19-2)22(17)10-12-5-7-13(18)8-6-12/h5-8,11H,4,9-10H2,1-3H3,(H,19,24). The predicted molar refractivity (Wildman–Crippen MR) is 102 cm³/mol. The van der Waals surface area contributed by atoms with Crippen molar-refractivity contribution in [2.45, 2.75) is 25.0 Å². The number of amides is 2. The summed E-state index contributed by atoms with van der Waals surface area (Å²) in [6.45, 7) is 2.54. The van der Waals surface area contributed by atoms with Crippen molar-refractivity contribution in [2.24, 2.45) is 0 Å². The summed E-state index contributed by atoms with van der Waals surface area (Å²) in [6.07, 6.45) is 1.63. The highest BCUT2D eigenvalue weighted by molar-refractivity contribution is 7.99. The summed E-state index contributed by atoms with van der Waals surface area (Å²) < 4.78 is 1.84. The Morgan fingerprint density at radius 1 is 1.40 bits per heavy atom. The lowest BCUT2D eigenvalue weighted by atomic mass is 10.2. The molecule has 2 amide bonds. The molecule has 25 heavy (non-hydrogen) atoms. The van der Waals surface area contributed by atoms with Crippen molar-refractivity contribution >= 4 is 41.5 Å². The molecule has 1 heterocycles. The fourth-order valence-corrected chi connectivity index (χ4v) is 3.26. The quantitative estimate of drug-likeness (QED) is 0.564. The Kier molecular flexibility index (Phi) is 6.90. The largest absolute Gasteiger partial charge is 0.354 e. The second-order valence-corrected chi connectivity index (χ2v) is 6.92. The fraction of sp³-hybridized carbons (Fsp3) is 0.353. The van der Waals surface area contributed by atoms with E-state index in [2.05, 4.69) is 17.2 Å².